The Balaban J connectivity index is 1.84. The molecule has 0 unspecified atom stereocenters. The van der Waals surface area contributed by atoms with Gasteiger partial charge in [-0.2, -0.15) is 0 Å². The third-order valence-electron chi connectivity index (χ3n) is 2.50. The van der Waals surface area contributed by atoms with Crippen LogP contribution in [0.2, 0.25) is 0 Å². The van der Waals surface area contributed by atoms with Crippen molar-refractivity contribution in [2.24, 2.45) is 0 Å². The molecule has 6 heteroatoms. The first-order valence-electron chi connectivity index (χ1n) is 5.86. The van der Waals surface area contributed by atoms with E-state index in [1.807, 2.05) is 48.6 Å². The number of aromatic nitrogens is 1. The van der Waals surface area contributed by atoms with Crippen LogP contribution in [0.25, 0.3) is 0 Å². The van der Waals surface area contributed by atoms with Gasteiger partial charge in [0.05, 0.1) is 6.54 Å². The summed E-state index contributed by atoms with van der Waals surface area (Å²) in [5, 5.41) is 8.40. The number of carbonyl (C=O) groups excluding carboxylic acids is 1. The van der Waals surface area contributed by atoms with E-state index < -0.39 is 0 Å². The van der Waals surface area contributed by atoms with Gasteiger partial charge in [0, 0.05) is 37.0 Å². The van der Waals surface area contributed by atoms with Crippen LogP contribution in [0.5, 0.6) is 0 Å². The van der Waals surface area contributed by atoms with Gasteiger partial charge in [-0.3, -0.25) is 4.79 Å². The molecule has 1 aromatic heterocycles. The van der Waals surface area contributed by atoms with E-state index >= 15 is 0 Å². The Kier molecular flexibility index (Phi) is 4.35. The smallest absolute Gasteiger partial charge is 0.243 e. The van der Waals surface area contributed by atoms with Gasteiger partial charge in [-0.1, -0.05) is 0 Å². The molecule has 2 aromatic rings. The Morgan fingerprint density at radius 2 is 2.05 bits per heavy atom. The second-order valence-corrected chi connectivity index (χ2v) is 5.07. The van der Waals surface area contributed by atoms with Gasteiger partial charge in [0.1, 0.15) is 0 Å². The summed E-state index contributed by atoms with van der Waals surface area (Å²) in [4.78, 5) is 17.8. The maximum atomic E-state index is 11.7. The number of nitrogens with zero attached hydrogens (tertiary/aromatic N) is 2. The second-order valence-electron chi connectivity index (χ2n) is 4.18. The molecule has 19 heavy (non-hydrogen) atoms. The minimum Gasteiger partial charge on any atom is -0.378 e. The van der Waals surface area contributed by atoms with Crippen LogP contribution in [0.4, 0.5) is 16.5 Å². The van der Waals surface area contributed by atoms with Crippen LogP contribution in [0.15, 0.2) is 35.8 Å². The van der Waals surface area contributed by atoms with Crippen LogP contribution in [0, 0.1) is 0 Å². The Bertz CT molecular complexity index is 522. The zero-order valence-electron chi connectivity index (χ0n) is 10.9. The summed E-state index contributed by atoms with van der Waals surface area (Å²) in [5.41, 5.74) is 1.88. The summed E-state index contributed by atoms with van der Waals surface area (Å²) in [6.07, 6.45) is 1.70. The Hall–Kier alpha value is -2.08. The van der Waals surface area contributed by atoms with Gasteiger partial charge in [-0.05, 0) is 24.3 Å². The van der Waals surface area contributed by atoms with E-state index in [4.69, 9.17) is 0 Å². The first-order chi connectivity index (χ1) is 9.15. The van der Waals surface area contributed by atoms with Gasteiger partial charge < -0.3 is 15.5 Å². The maximum absolute atomic E-state index is 11.7. The van der Waals surface area contributed by atoms with Gasteiger partial charge in [-0.25, -0.2) is 4.98 Å². The van der Waals surface area contributed by atoms with E-state index in [9.17, 15) is 4.79 Å². The molecular weight excluding hydrogens is 260 g/mol. The zero-order valence-corrected chi connectivity index (χ0v) is 11.7. The van der Waals surface area contributed by atoms with Crippen LogP contribution >= 0.6 is 11.3 Å². The lowest BCUT2D eigenvalue weighted by Gasteiger charge is -2.13. The van der Waals surface area contributed by atoms with Gasteiger partial charge in [0.15, 0.2) is 5.13 Å². The van der Waals surface area contributed by atoms with E-state index in [0.717, 1.165) is 16.5 Å². The minimum atomic E-state index is -0.0900. The van der Waals surface area contributed by atoms with Crippen LogP contribution in [-0.4, -0.2) is 31.5 Å². The molecule has 0 bridgehead atoms. The number of carbonyl (C=O) groups is 1. The molecular formula is C13H16N4OS. The maximum Gasteiger partial charge on any atom is 0.243 e. The van der Waals surface area contributed by atoms with E-state index in [0.29, 0.717) is 0 Å². The zero-order chi connectivity index (χ0) is 13.7. The van der Waals surface area contributed by atoms with Crippen molar-refractivity contribution in [2.45, 2.75) is 0 Å². The van der Waals surface area contributed by atoms with Crippen molar-refractivity contribution in [1.29, 1.82) is 0 Å². The molecule has 1 aromatic carbocycles. The first-order valence-corrected chi connectivity index (χ1v) is 6.74. The average Bonchev–Trinajstić information content (AvgIpc) is 2.90. The third kappa shape index (κ3) is 3.96. The standard InChI is InChI=1S/C13H16N4OS/c1-17(2)11-5-3-10(4-6-11)16-12(18)9-15-13-14-7-8-19-13/h3-8H,9H2,1-2H3,(H,14,15)(H,16,18). The van der Waals surface area contributed by atoms with E-state index in [1.165, 1.54) is 11.3 Å². The van der Waals surface area contributed by atoms with Crippen LogP contribution in [0.1, 0.15) is 0 Å². The summed E-state index contributed by atoms with van der Waals surface area (Å²) in [7, 11) is 3.96. The molecule has 0 aliphatic rings. The number of hydrogen-bond donors (Lipinski definition) is 2. The summed E-state index contributed by atoms with van der Waals surface area (Å²) in [6, 6.07) is 7.70. The number of hydrogen-bond acceptors (Lipinski definition) is 5. The molecule has 0 aliphatic carbocycles. The monoisotopic (exact) mass is 276 g/mol. The van der Waals surface area contributed by atoms with Crippen LogP contribution in [0.3, 0.4) is 0 Å². The van der Waals surface area contributed by atoms with Crippen molar-refractivity contribution < 1.29 is 4.79 Å². The fourth-order valence-electron chi connectivity index (χ4n) is 1.51. The Morgan fingerprint density at radius 1 is 1.32 bits per heavy atom. The highest BCUT2D eigenvalue weighted by Gasteiger charge is 2.03. The molecule has 1 heterocycles. The molecule has 0 fully saturated rings. The number of nitrogens with one attached hydrogen (secondary N) is 2. The molecule has 0 saturated heterocycles. The predicted octanol–water partition coefficient (Wildman–Crippen LogP) is 2.26. The lowest BCUT2D eigenvalue weighted by molar-refractivity contribution is -0.114. The average molecular weight is 276 g/mol. The fourth-order valence-corrected chi connectivity index (χ4v) is 2.04. The lowest BCUT2D eigenvalue weighted by Crippen LogP contribution is -2.21. The van der Waals surface area contributed by atoms with Crippen molar-refractivity contribution >= 4 is 33.8 Å². The largest absolute Gasteiger partial charge is 0.378 e. The van der Waals surface area contributed by atoms with Gasteiger partial charge >= 0.3 is 0 Å². The highest BCUT2D eigenvalue weighted by Crippen LogP contribution is 2.15. The molecule has 1 amide bonds. The topological polar surface area (TPSA) is 57.3 Å². The molecule has 0 atom stereocenters. The number of amides is 1. The molecule has 0 radical (unpaired) electrons. The Labute approximate surface area is 116 Å². The molecule has 100 valence electrons. The molecule has 0 aliphatic heterocycles. The molecule has 2 N–H and O–H groups in total. The normalized spacial score (nSPS) is 10.0. The van der Waals surface area contributed by atoms with Gasteiger partial charge in [-0.15, -0.1) is 11.3 Å². The number of anilines is 3. The van der Waals surface area contributed by atoms with Crippen LogP contribution < -0.4 is 15.5 Å². The summed E-state index contributed by atoms with van der Waals surface area (Å²) in [5.74, 6) is -0.0900. The second kappa shape index (κ2) is 6.19. The summed E-state index contributed by atoms with van der Waals surface area (Å²) >= 11 is 1.47. The summed E-state index contributed by atoms with van der Waals surface area (Å²) < 4.78 is 0. The number of rotatable bonds is 5. The quantitative estimate of drug-likeness (QED) is 0.879. The highest BCUT2D eigenvalue weighted by molar-refractivity contribution is 7.13. The van der Waals surface area contributed by atoms with Crippen molar-refractivity contribution in [3.8, 4) is 0 Å². The van der Waals surface area contributed by atoms with Gasteiger partial charge in [0.25, 0.3) is 0 Å². The van der Waals surface area contributed by atoms with Crippen molar-refractivity contribution in [3.63, 3.8) is 0 Å². The van der Waals surface area contributed by atoms with E-state index in [-0.39, 0.29) is 12.5 Å². The molecule has 0 spiro atoms. The Morgan fingerprint density at radius 3 is 2.63 bits per heavy atom. The van der Waals surface area contributed by atoms with Crippen molar-refractivity contribution in [2.75, 3.05) is 36.2 Å². The van der Waals surface area contributed by atoms with Gasteiger partial charge in [0.2, 0.25) is 5.91 Å². The third-order valence-corrected chi connectivity index (χ3v) is 3.23. The molecule has 5 nitrogen and oxygen atoms in total. The van der Waals surface area contributed by atoms with E-state index in [2.05, 4.69) is 15.6 Å². The van der Waals surface area contributed by atoms with E-state index in [1.54, 1.807) is 6.20 Å². The fraction of sp³-hybridized carbons (Fsp3) is 0.231. The molecule has 2 rings (SSSR count). The summed E-state index contributed by atoms with van der Waals surface area (Å²) in [6.45, 7) is 0.211. The minimum absolute atomic E-state index is 0.0900. The SMILES string of the molecule is CN(C)c1ccc(NC(=O)CNc2nccs2)cc1. The van der Waals surface area contributed by atoms with Crippen molar-refractivity contribution in [3.05, 3.63) is 35.8 Å². The number of thiazole rings is 1. The highest BCUT2D eigenvalue weighted by atomic mass is 32.1. The first kappa shape index (κ1) is 13.4. The van der Waals surface area contributed by atoms with Crippen LogP contribution in [-0.2, 0) is 4.79 Å². The lowest BCUT2D eigenvalue weighted by atomic mass is 10.2. The molecule has 0 saturated carbocycles. The predicted molar refractivity (Wildman–Crippen MR) is 80.0 cm³/mol. The van der Waals surface area contributed by atoms with Crippen molar-refractivity contribution in [1.82, 2.24) is 4.98 Å². The number of benzene rings is 1.